The summed E-state index contributed by atoms with van der Waals surface area (Å²) in [5.41, 5.74) is 18.2. The molecule has 0 saturated carbocycles. The molecule has 0 atom stereocenters. The topological polar surface area (TPSA) is 15.5 Å². The number of benzene rings is 8. The average Bonchev–Trinajstić information content (AvgIpc) is 0.943. The Kier molecular flexibility index (Phi) is 19.4. The van der Waals surface area contributed by atoms with Crippen molar-refractivity contribution in [1.29, 1.82) is 0 Å². The molecule has 0 unspecified atom stereocenters. The van der Waals surface area contributed by atoms with Gasteiger partial charge in [-0.1, -0.05) is 109 Å². The van der Waals surface area contributed by atoms with Crippen molar-refractivity contribution in [3.8, 4) is 89.5 Å². The van der Waals surface area contributed by atoms with Crippen LogP contribution in [0.4, 0.5) is 17.6 Å². The number of hydrogen-bond acceptors (Lipinski definition) is 4. The Morgan fingerprint density at radius 1 is 0.255 bits per heavy atom. The highest BCUT2D eigenvalue weighted by molar-refractivity contribution is 7.19. The Bertz CT molecular complexity index is 5240. The van der Waals surface area contributed by atoms with E-state index in [1.165, 1.54) is 50.1 Å². The predicted octanol–water partition coefficient (Wildman–Crippen LogP) is 22.6. The van der Waals surface area contributed by atoms with Crippen molar-refractivity contribution in [2.24, 2.45) is 28.2 Å². The number of aryl methyl sites for hydroxylation is 10. The first-order chi connectivity index (χ1) is 47.3. The molecule has 16 aromatic rings. The number of nitrogens with zero attached hydrogens (tertiary/aromatic N) is 4. The van der Waals surface area contributed by atoms with Gasteiger partial charge < -0.3 is 0 Å². The Morgan fingerprint density at radius 2 is 0.561 bits per heavy atom. The molecule has 0 aliphatic rings. The van der Waals surface area contributed by atoms with Gasteiger partial charge in [-0.2, -0.15) is 35.8 Å². The highest BCUT2D eigenvalue weighted by Crippen LogP contribution is 2.36. The Morgan fingerprint density at radius 3 is 0.969 bits per heavy atom. The SMILES string of the molecule is Cc1cc2cc(-c3cc(F)c(-c4ccccc4C)[n+](C)c3)ccc2s1.Cc1cc2ccc(-c3cc(F)c(-c4ccccc4C)[n+](C)c3)cc2s1.Cc1ccccc1-c1c(F)cc(-c2ccc3ccsc3c2)c[n+]1C.Cc1ccccc1-c1c(F)cc(-c2ccc3sccc3c2)c[n+]1C. The molecule has 0 N–H and O–H groups in total. The van der Waals surface area contributed by atoms with E-state index < -0.39 is 0 Å². The van der Waals surface area contributed by atoms with Crippen LogP contribution in [-0.2, 0) is 28.2 Å². The molecule has 8 aromatic heterocycles. The van der Waals surface area contributed by atoms with Crippen LogP contribution in [0.3, 0.4) is 0 Å². The van der Waals surface area contributed by atoms with Crippen LogP contribution in [0.1, 0.15) is 32.0 Å². The number of hydrogen-bond donors (Lipinski definition) is 0. The minimum absolute atomic E-state index is 0.197. The van der Waals surface area contributed by atoms with E-state index in [1.807, 2.05) is 196 Å². The first-order valence-corrected chi connectivity index (χ1v) is 35.7. The smallest absolute Gasteiger partial charge is 0.200 e. The van der Waals surface area contributed by atoms with E-state index in [1.54, 1.807) is 69.6 Å². The maximum absolute atomic E-state index is 15.0. The van der Waals surface area contributed by atoms with Gasteiger partial charge in [0.1, 0.15) is 28.2 Å². The third-order valence-electron chi connectivity index (χ3n) is 17.9. The molecular weight excluding hydrogens is 1290 g/mol. The summed E-state index contributed by atoms with van der Waals surface area (Å²) in [6.45, 7) is 12.3. The molecular formula is C86H72F4N4S4+4. The lowest BCUT2D eigenvalue weighted by molar-refractivity contribution is -0.661. The summed E-state index contributed by atoms with van der Waals surface area (Å²) in [4.78, 5) is 2.58. The van der Waals surface area contributed by atoms with Gasteiger partial charge in [-0.3, -0.25) is 0 Å². The van der Waals surface area contributed by atoms with Crippen LogP contribution in [0.5, 0.6) is 0 Å². The van der Waals surface area contributed by atoms with Gasteiger partial charge in [0, 0.05) is 50.8 Å². The van der Waals surface area contributed by atoms with E-state index in [0.29, 0.717) is 22.8 Å². The second-order valence-electron chi connectivity index (χ2n) is 25.0. The Labute approximate surface area is 585 Å². The second-order valence-corrected chi connectivity index (χ2v) is 29.4. The van der Waals surface area contributed by atoms with Gasteiger partial charge in [-0.25, -0.2) is 0 Å². The van der Waals surface area contributed by atoms with Crippen molar-refractivity contribution in [3.05, 3.63) is 309 Å². The van der Waals surface area contributed by atoms with Gasteiger partial charge in [0.2, 0.25) is 22.8 Å². The minimum Gasteiger partial charge on any atom is -0.200 e. The summed E-state index contributed by atoms with van der Waals surface area (Å²) >= 11 is 6.98. The number of pyridine rings is 4. The molecule has 8 heterocycles. The minimum atomic E-state index is -0.199. The summed E-state index contributed by atoms with van der Waals surface area (Å²) in [6, 6.07) is 71.9. The van der Waals surface area contributed by atoms with E-state index in [9.17, 15) is 17.6 Å². The molecule has 0 amide bonds. The van der Waals surface area contributed by atoms with Crippen LogP contribution in [0.2, 0.25) is 0 Å². The third kappa shape index (κ3) is 14.1. The monoisotopic (exact) mass is 1360 g/mol. The number of halogens is 4. The molecule has 0 fully saturated rings. The van der Waals surface area contributed by atoms with Crippen LogP contribution in [0.25, 0.3) is 130 Å². The molecule has 484 valence electrons. The molecule has 0 saturated heterocycles. The molecule has 0 aliphatic heterocycles. The lowest BCUT2D eigenvalue weighted by atomic mass is 10.0. The van der Waals surface area contributed by atoms with Gasteiger partial charge in [-0.15, -0.1) is 45.3 Å². The van der Waals surface area contributed by atoms with Crippen LogP contribution in [-0.4, -0.2) is 0 Å². The first-order valence-electron chi connectivity index (χ1n) is 32.3. The Hall–Kier alpha value is -10.1. The van der Waals surface area contributed by atoms with Crippen LogP contribution in [0, 0.1) is 64.8 Å². The van der Waals surface area contributed by atoms with Crippen molar-refractivity contribution in [2.75, 3.05) is 0 Å². The summed E-state index contributed by atoms with van der Waals surface area (Å²) in [5, 5.41) is 9.04. The zero-order chi connectivity index (χ0) is 68.5. The zero-order valence-electron chi connectivity index (χ0n) is 56.2. The van der Waals surface area contributed by atoms with Crippen molar-refractivity contribution in [2.45, 2.75) is 41.5 Å². The summed E-state index contributed by atoms with van der Waals surface area (Å²) in [6.07, 6.45) is 8.01. The van der Waals surface area contributed by atoms with Gasteiger partial charge in [0.25, 0.3) is 0 Å². The first kappa shape index (κ1) is 66.5. The number of thiophene rings is 4. The van der Waals surface area contributed by atoms with Crippen molar-refractivity contribution in [1.82, 2.24) is 0 Å². The standard InChI is InChI=1S/2C22H19FNS.2C21H17FNS/c1-14-6-4-5-7-19(14)22-20(23)11-18(13-24(22)3)16-8-9-17-10-15(2)25-21(17)12-16;1-14-6-4-5-7-19(14)22-20(23)12-18(13-24(22)3)16-8-9-21-17(11-16)10-15(2)25-21;1-14-5-3-4-6-18(14)21-19(22)12-17(13-23(21)2)15-7-8-20-16(11-15)9-10-24-20;1-14-5-3-4-6-18(14)21-19(22)11-17(13-23(21)2)16-8-7-15-9-10-24-20(15)12-16/h2*4-13H,1-3H3;2*3-13H,1-2H3/q4*+1. The molecule has 0 bridgehead atoms. The lowest BCUT2D eigenvalue weighted by Gasteiger charge is -2.08. The maximum Gasteiger partial charge on any atom is 0.248 e. The largest absolute Gasteiger partial charge is 0.248 e. The molecule has 4 nitrogen and oxygen atoms in total. The molecule has 0 spiro atoms. The van der Waals surface area contributed by atoms with E-state index in [2.05, 4.69) is 122 Å². The van der Waals surface area contributed by atoms with E-state index >= 15 is 0 Å². The van der Waals surface area contributed by atoms with Gasteiger partial charge >= 0.3 is 0 Å². The van der Waals surface area contributed by atoms with Gasteiger partial charge in [0.05, 0.1) is 22.3 Å². The van der Waals surface area contributed by atoms with E-state index in [-0.39, 0.29) is 23.3 Å². The van der Waals surface area contributed by atoms with Crippen molar-refractivity contribution < 1.29 is 35.8 Å². The summed E-state index contributed by atoms with van der Waals surface area (Å²) in [7, 11) is 7.61. The van der Waals surface area contributed by atoms with Crippen LogP contribution in [0.15, 0.2) is 254 Å². The quantitative estimate of drug-likeness (QED) is 0.106. The van der Waals surface area contributed by atoms with E-state index in [4.69, 9.17) is 0 Å². The molecule has 16 rings (SSSR count). The van der Waals surface area contributed by atoms with Gasteiger partial charge in [-0.05, 0) is 228 Å². The number of aromatic nitrogens is 4. The summed E-state index contributed by atoms with van der Waals surface area (Å²) in [5.74, 6) is -0.794. The molecule has 98 heavy (non-hydrogen) atoms. The number of fused-ring (bicyclic) bond motifs is 4. The van der Waals surface area contributed by atoms with Crippen LogP contribution >= 0.6 is 45.3 Å². The number of rotatable bonds is 8. The maximum atomic E-state index is 15.0. The molecule has 0 radical (unpaired) electrons. The normalized spacial score (nSPS) is 11.2. The fourth-order valence-electron chi connectivity index (χ4n) is 13.0. The lowest BCUT2D eigenvalue weighted by Crippen LogP contribution is -2.32. The van der Waals surface area contributed by atoms with Gasteiger partial charge in [0.15, 0.2) is 48.1 Å². The molecule has 0 aliphatic carbocycles. The fraction of sp³-hybridized carbons (Fsp3) is 0.116. The molecule has 12 heteroatoms. The summed E-state index contributed by atoms with van der Waals surface area (Å²) < 4.78 is 72.2. The Balaban J connectivity index is 0.000000118. The highest BCUT2D eigenvalue weighted by atomic mass is 32.1. The van der Waals surface area contributed by atoms with Crippen molar-refractivity contribution >= 4 is 85.7 Å². The average molecular weight is 1370 g/mol. The van der Waals surface area contributed by atoms with E-state index in [0.717, 1.165) is 89.0 Å². The van der Waals surface area contributed by atoms with Crippen molar-refractivity contribution in [3.63, 3.8) is 0 Å². The third-order valence-corrected chi connectivity index (χ3v) is 21.7. The van der Waals surface area contributed by atoms with Crippen LogP contribution < -0.4 is 18.3 Å². The molecule has 8 aromatic carbocycles. The fourth-order valence-corrected chi connectivity index (χ4v) is 16.4. The second kappa shape index (κ2) is 28.5. The highest BCUT2D eigenvalue weighted by Gasteiger charge is 2.25. The zero-order valence-corrected chi connectivity index (χ0v) is 59.4. The predicted molar refractivity (Wildman–Crippen MR) is 404 cm³/mol.